The van der Waals surface area contributed by atoms with Gasteiger partial charge < -0.3 is 10.0 Å². The summed E-state index contributed by atoms with van der Waals surface area (Å²) in [6.07, 6.45) is 9.53. The summed E-state index contributed by atoms with van der Waals surface area (Å²) >= 11 is 0. The summed E-state index contributed by atoms with van der Waals surface area (Å²) in [4.78, 5) is 25.5. The van der Waals surface area contributed by atoms with E-state index in [2.05, 4.69) is 10.3 Å². The minimum absolute atomic E-state index is 0.0284. The normalized spacial score (nSPS) is 19.1. The molecule has 0 aromatic carbocycles. The van der Waals surface area contributed by atoms with Crippen LogP contribution in [0, 0.1) is 5.92 Å². The summed E-state index contributed by atoms with van der Waals surface area (Å²) in [6, 6.07) is 0.337. The van der Waals surface area contributed by atoms with Gasteiger partial charge in [0.15, 0.2) is 5.69 Å². The first-order valence-electron chi connectivity index (χ1n) is 8.06. The Morgan fingerprint density at radius 2 is 1.95 bits per heavy atom. The van der Waals surface area contributed by atoms with Gasteiger partial charge in [0.1, 0.15) is 6.54 Å². The Morgan fingerprint density at radius 3 is 2.55 bits per heavy atom. The van der Waals surface area contributed by atoms with Crippen molar-refractivity contribution in [1.29, 1.82) is 0 Å². The van der Waals surface area contributed by atoms with Crippen LogP contribution < -0.4 is 0 Å². The summed E-state index contributed by atoms with van der Waals surface area (Å²) in [5.74, 6) is -0.447. The third kappa shape index (κ3) is 3.64. The van der Waals surface area contributed by atoms with Crippen LogP contribution in [0.3, 0.4) is 0 Å². The highest BCUT2D eigenvalue weighted by Gasteiger charge is 2.32. The number of carbonyl (C=O) groups is 2. The quantitative estimate of drug-likeness (QED) is 0.861. The van der Waals surface area contributed by atoms with Crippen molar-refractivity contribution in [3.8, 4) is 0 Å². The van der Waals surface area contributed by atoms with Gasteiger partial charge in [-0.2, -0.15) is 0 Å². The number of carboxylic acids is 1. The number of aromatic nitrogens is 3. The van der Waals surface area contributed by atoms with Gasteiger partial charge in [0, 0.05) is 12.6 Å². The Balaban J connectivity index is 1.65. The molecule has 1 aromatic heterocycles. The lowest BCUT2D eigenvalue weighted by molar-refractivity contribution is -0.135. The lowest BCUT2D eigenvalue weighted by Gasteiger charge is -2.34. The third-order valence-corrected chi connectivity index (χ3v) is 4.54. The van der Waals surface area contributed by atoms with Crippen LogP contribution >= 0.6 is 0 Å². The molecule has 0 aliphatic heterocycles. The second kappa shape index (κ2) is 6.46. The molecule has 0 atom stereocenters. The molecule has 2 fully saturated rings. The van der Waals surface area contributed by atoms with E-state index in [-0.39, 0.29) is 18.1 Å². The van der Waals surface area contributed by atoms with Gasteiger partial charge in [0.05, 0.1) is 6.20 Å². The van der Waals surface area contributed by atoms with Gasteiger partial charge in [-0.1, -0.05) is 24.5 Å². The Kier molecular flexibility index (Phi) is 4.40. The van der Waals surface area contributed by atoms with Crippen LogP contribution in [-0.2, 0) is 11.3 Å². The summed E-state index contributed by atoms with van der Waals surface area (Å²) in [7, 11) is 0. The van der Waals surface area contributed by atoms with Gasteiger partial charge in [-0.3, -0.25) is 4.79 Å². The van der Waals surface area contributed by atoms with Crippen molar-refractivity contribution >= 4 is 11.9 Å². The van der Waals surface area contributed by atoms with Gasteiger partial charge in [-0.15, -0.1) is 5.10 Å². The van der Waals surface area contributed by atoms with E-state index in [1.54, 1.807) is 0 Å². The molecule has 120 valence electrons. The molecule has 2 aliphatic rings. The Morgan fingerprint density at radius 1 is 1.23 bits per heavy atom. The van der Waals surface area contributed by atoms with Crippen LogP contribution in [0.2, 0.25) is 0 Å². The number of hydrogen-bond acceptors (Lipinski definition) is 4. The van der Waals surface area contributed by atoms with E-state index in [9.17, 15) is 9.59 Å². The van der Waals surface area contributed by atoms with Gasteiger partial charge >= 0.3 is 5.97 Å². The highest BCUT2D eigenvalue weighted by atomic mass is 16.4. The van der Waals surface area contributed by atoms with E-state index in [1.165, 1.54) is 43.0 Å². The van der Waals surface area contributed by atoms with Crippen LogP contribution in [0.5, 0.6) is 0 Å². The highest BCUT2D eigenvalue weighted by Crippen LogP contribution is 2.32. The zero-order valence-electron chi connectivity index (χ0n) is 12.6. The molecule has 7 nitrogen and oxygen atoms in total. The molecule has 1 heterocycles. The molecule has 0 radical (unpaired) electrons. The zero-order chi connectivity index (χ0) is 15.5. The van der Waals surface area contributed by atoms with E-state index in [0.29, 0.717) is 12.0 Å². The number of rotatable bonds is 6. The Hall–Kier alpha value is -1.92. The fourth-order valence-corrected chi connectivity index (χ4v) is 3.13. The van der Waals surface area contributed by atoms with Crippen molar-refractivity contribution < 1.29 is 14.7 Å². The van der Waals surface area contributed by atoms with Crippen molar-refractivity contribution in [1.82, 2.24) is 19.9 Å². The molecule has 1 amide bonds. The zero-order valence-corrected chi connectivity index (χ0v) is 12.6. The smallest absolute Gasteiger partial charge is 0.358 e. The molecule has 1 N–H and O–H groups in total. The van der Waals surface area contributed by atoms with Gasteiger partial charge in [0.2, 0.25) is 5.91 Å². The molecule has 22 heavy (non-hydrogen) atoms. The minimum Gasteiger partial charge on any atom is -0.476 e. The molecule has 1 aromatic rings. The monoisotopic (exact) mass is 306 g/mol. The number of carboxylic acid groups (broad SMARTS) is 1. The summed E-state index contributed by atoms with van der Waals surface area (Å²) in [6.45, 7) is 0.910. The predicted molar refractivity (Wildman–Crippen MR) is 78.3 cm³/mol. The number of nitrogens with zero attached hydrogens (tertiary/aromatic N) is 4. The fraction of sp³-hybridized carbons (Fsp3) is 0.733. The van der Waals surface area contributed by atoms with Crippen LogP contribution in [0.15, 0.2) is 6.20 Å². The number of amides is 1. The van der Waals surface area contributed by atoms with Crippen molar-refractivity contribution in [2.75, 3.05) is 6.54 Å². The Labute approximate surface area is 129 Å². The largest absolute Gasteiger partial charge is 0.476 e. The first-order valence-corrected chi connectivity index (χ1v) is 8.06. The van der Waals surface area contributed by atoms with E-state index < -0.39 is 5.97 Å². The summed E-state index contributed by atoms with van der Waals surface area (Å²) in [5, 5.41) is 16.2. The lowest BCUT2D eigenvalue weighted by Crippen LogP contribution is -2.44. The van der Waals surface area contributed by atoms with Crippen molar-refractivity contribution in [2.24, 2.45) is 5.92 Å². The van der Waals surface area contributed by atoms with Gasteiger partial charge in [-0.05, 0) is 31.6 Å². The van der Waals surface area contributed by atoms with Crippen LogP contribution in [0.1, 0.15) is 55.4 Å². The topological polar surface area (TPSA) is 88.3 Å². The molecule has 2 saturated carbocycles. The average molecular weight is 306 g/mol. The average Bonchev–Trinajstić information content (AvgIpc) is 3.22. The first-order chi connectivity index (χ1) is 10.6. The van der Waals surface area contributed by atoms with E-state index in [4.69, 9.17) is 5.11 Å². The third-order valence-electron chi connectivity index (χ3n) is 4.54. The molecule has 0 unspecified atom stereocenters. The SMILES string of the molecule is O=C(O)c1cn(CC(=O)N(CC2CC2)C2CCCCC2)nn1. The van der Waals surface area contributed by atoms with E-state index in [0.717, 1.165) is 19.4 Å². The summed E-state index contributed by atoms with van der Waals surface area (Å²) in [5.41, 5.74) is -0.126. The lowest BCUT2D eigenvalue weighted by atomic mass is 9.94. The van der Waals surface area contributed by atoms with Crippen LogP contribution in [-0.4, -0.2) is 49.5 Å². The molecule has 3 rings (SSSR count). The number of carbonyl (C=O) groups excluding carboxylic acids is 1. The van der Waals surface area contributed by atoms with E-state index in [1.807, 2.05) is 4.90 Å². The standard InChI is InChI=1S/C15H22N4O3/c20-14(10-18-9-13(15(21)22)16-17-18)19(8-11-6-7-11)12-4-2-1-3-5-12/h9,11-12H,1-8,10H2,(H,21,22). The van der Waals surface area contributed by atoms with Gasteiger partial charge in [0.25, 0.3) is 0 Å². The van der Waals surface area contributed by atoms with Crippen molar-refractivity contribution in [3.05, 3.63) is 11.9 Å². The van der Waals surface area contributed by atoms with Crippen LogP contribution in [0.4, 0.5) is 0 Å². The van der Waals surface area contributed by atoms with Gasteiger partial charge in [-0.25, -0.2) is 9.48 Å². The fourth-order valence-electron chi connectivity index (χ4n) is 3.13. The predicted octanol–water partition coefficient (Wildman–Crippen LogP) is 1.55. The molecule has 2 aliphatic carbocycles. The molecule has 0 spiro atoms. The second-order valence-corrected chi connectivity index (χ2v) is 6.39. The first kappa shape index (κ1) is 15.0. The molecular formula is C15H22N4O3. The highest BCUT2D eigenvalue weighted by molar-refractivity contribution is 5.84. The summed E-state index contributed by atoms with van der Waals surface area (Å²) < 4.78 is 1.33. The molecular weight excluding hydrogens is 284 g/mol. The number of hydrogen-bond donors (Lipinski definition) is 1. The maximum atomic E-state index is 12.6. The number of aromatic carboxylic acids is 1. The molecule has 7 heteroatoms. The van der Waals surface area contributed by atoms with Crippen molar-refractivity contribution in [2.45, 2.75) is 57.5 Å². The van der Waals surface area contributed by atoms with Crippen LogP contribution in [0.25, 0.3) is 0 Å². The maximum absolute atomic E-state index is 12.6. The Bertz CT molecular complexity index is 547. The second-order valence-electron chi connectivity index (χ2n) is 6.39. The minimum atomic E-state index is -1.12. The molecule has 0 bridgehead atoms. The maximum Gasteiger partial charge on any atom is 0.358 e. The van der Waals surface area contributed by atoms with Crippen molar-refractivity contribution in [3.63, 3.8) is 0 Å². The molecule has 0 saturated heterocycles. The van der Waals surface area contributed by atoms with E-state index >= 15 is 0 Å².